The average Bonchev–Trinajstić information content (AvgIpc) is 2.49. The topological polar surface area (TPSA) is 29.1 Å². The zero-order valence-corrected chi connectivity index (χ0v) is 12.8. The van der Waals surface area contributed by atoms with E-state index in [0.717, 1.165) is 17.0 Å². The number of nitrogens with one attached hydrogen (secondary N) is 1. The second kappa shape index (κ2) is 7.84. The van der Waals surface area contributed by atoms with Crippen LogP contribution >= 0.6 is 11.8 Å². The van der Waals surface area contributed by atoms with Crippen LogP contribution in [0.3, 0.4) is 0 Å². The number of rotatable bonds is 6. The largest absolute Gasteiger partial charge is 0.326 e. The maximum atomic E-state index is 12.8. The van der Waals surface area contributed by atoms with Crippen molar-refractivity contribution in [2.75, 3.05) is 11.1 Å². The van der Waals surface area contributed by atoms with E-state index in [-0.39, 0.29) is 11.7 Å². The third kappa shape index (κ3) is 5.23. The maximum absolute atomic E-state index is 12.8. The molecule has 0 atom stereocenters. The molecule has 0 saturated carbocycles. The number of carbonyl (C=O) groups is 1. The standard InChI is InChI=1S/C17H18FNOS/c1-2-13-4-3-5-15(12-13)19-17(20)10-11-21-16-8-6-14(18)7-9-16/h3-9,12H,2,10-11H2,1H3,(H,19,20). The molecule has 0 unspecified atom stereocenters. The number of aryl methyl sites for hydroxylation is 1. The third-order valence-electron chi connectivity index (χ3n) is 3.03. The predicted octanol–water partition coefficient (Wildman–Crippen LogP) is 4.51. The maximum Gasteiger partial charge on any atom is 0.225 e. The molecule has 0 aliphatic carbocycles. The molecule has 0 bridgehead atoms. The van der Waals surface area contributed by atoms with Gasteiger partial charge in [-0.05, 0) is 48.4 Å². The van der Waals surface area contributed by atoms with Crippen LogP contribution in [0.2, 0.25) is 0 Å². The number of hydrogen-bond donors (Lipinski definition) is 1. The van der Waals surface area contributed by atoms with E-state index < -0.39 is 0 Å². The lowest BCUT2D eigenvalue weighted by Crippen LogP contribution is -2.12. The Morgan fingerprint density at radius 1 is 1.19 bits per heavy atom. The van der Waals surface area contributed by atoms with Gasteiger partial charge in [-0.15, -0.1) is 11.8 Å². The van der Waals surface area contributed by atoms with Crippen molar-refractivity contribution >= 4 is 23.4 Å². The first-order chi connectivity index (χ1) is 10.2. The van der Waals surface area contributed by atoms with Crippen LogP contribution in [-0.4, -0.2) is 11.7 Å². The van der Waals surface area contributed by atoms with Crippen LogP contribution in [0, 0.1) is 5.82 Å². The molecule has 0 fully saturated rings. The molecule has 0 saturated heterocycles. The zero-order valence-electron chi connectivity index (χ0n) is 11.9. The number of thioether (sulfide) groups is 1. The average molecular weight is 303 g/mol. The first-order valence-electron chi connectivity index (χ1n) is 6.94. The fourth-order valence-corrected chi connectivity index (χ4v) is 2.74. The molecule has 0 heterocycles. The van der Waals surface area contributed by atoms with E-state index in [1.807, 2.05) is 24.3 Å². The zero-order chi connectivity index (χ0) is 15.1. The van der Waals surface area contributed by atoms with Gasteiger partial charge in [0, 0.05) is 22.8 Å². The molecule has 0 spiro atoms. The fourth-order valence-electron chi connectivity index (χ4n) is 1.88. The smallest absolute Gasteiger partial charge is 0.225 e. The fraction of sp³-hybridized carbons (Fsp3) is 0.235. The van der Waals surface area contributed by atoms with Gasteiger partial charge in [-0.2, -0.15) is 0 Å². The first kappa shape index (κ1) is 15.6. The molecule has 2 rings (SSSR count). The van der Waals surface area contributed by atoms with Crippen LogP contribution in [-0.2, 0) is 11.2 Å². The van der Waals surface area contributed by atoms with Gasteiger partial charge < -0.3 is 5.32 Å². The van der Waals surface area contributed by atoms with E-state index in [4.69, 9.17) is 0 Å². The lowest BCUT2D eigenvalue weighted by molar-refractivity contribution is -0.115. The molecule has 2 aromatic rings. The van der Waals surface area contributed by atoms with Crippen molar-refractivity contribution in [2.45, 2.75) is 24.7 Å². The number of benzene rings is 2. The van der Waals surface area contributed by atoms with Gasteiger partial charge in [0.15, 0.2) is 0 Å². The third-order valence-corrected chi connectivity index (χ3v) is 4.04. The Balaban J connectivity index is 1.78. The van der Waals surface area contributed by atoms with Crippen molar-refractivity contribution in [1.82, 2.24) is 0 Å². The highest BCUT2D eigenvalue weighted by Crippen LogP contribution is 2.19. The van der Waals surface area contributed by atoms with Crippen LogP contribution in [0.5, 0.6) is 0 Å². The predicted molar refractivity (Wildman–Crippen MR) is 86.2 cm³/mol. The molecule has 0 aromatic heterocycles. The number of carbonyl (C=O) groups excluding carboxylic acids is 1. The number of halogens is 1. The van der Waals surface area contributed by atoms with Crippen molar-refractivity contribution in [3.8, 4) is 0 Å². The molecule has 0 aliphatic heterocycles. The Labute approximate surface area is 128 Å². The molecule has 1 N–H and O–H groups in total. The molecule has 2 aromatic carbocycles. The van der Waals surface area contributed by atoms with Gasteiger partial charge in [-0.1, -0.05) is 19.1 Å². The van der Waals surface area contributed by atoms with Crippen molar-refractivity contribution < 1.29 is 9.18 Å². The van der Waals surface area contributed by atoms with Gasteiger partial charge in [0.1, 0.15) is 5.82 Å². The van der Waals surface area contributed by atoms with Gasteiger partial charge >= 0.3 is 0 Å². The van der Waals surface area contributed by atoms with Gasteiger partial charge in [0.2, 0.25) is 5.91 Å². The van der Waals surface area contributed by atoms with Crippen LogP contribution in [0.25, 0.3) is 0 Å². The van der Waals surface area contributed by atoms with Crippen molar-refractivity contribution in [1.29, 1.82) is 0 Å². The molecule has 110 valence electrons. The van der Waals surface area contributed by atoms with Crippen molar-refractivity contribution in [3.63, 3.8) is 0 Å². The lowest BCUT2D eigenvalue weighted by atomic mass is 10.1. The van der Waals surface area contributed by atoms with E-state index in [2.05, 4.69) is 12.2 Å². The van der Waals surface area contributed by atoms with E-state index >= 15 is 0 Å². The van der Waals surface area contributed by atoms with Crippen molar-refractivity contribution in [3.05, 3.63) is 59.9 Å². The highest BCUT2D eigenvalue weighted by Gasteiger charge is 2.03. The van der Waals surface area contributed by atoms with Crippen molar-refractivity contribution in [2.24, 2.45) is 0 Å². The van der Waals surface area contributed by atoms with Crippen LogP contribution in [0.4, 0.5) is 10.1 Å². The quantitative estimate of drug-likeness (QED) is 0.796. The summed E-state index contributed by atoms with van der Waals surface area (Å²) >= 11 is 1.55. The first-order valence-corrected chi connectivity index (χ1v) is 7.93. The van der Waals surface area contributed by atoms with Gasteiger partial charge in [0.05, 0.1) is 0 Å². The molecule has 21 heavy (non-hydrogen) atoms. The summed E-state index contributed by atoms with van der Waals surface area (Å²) in [6.07, 6.45) is 1.38. The Kier molecular flexibility index (Phi) is 5.81. The summed E-state index contributed by atoms with van der Waals surface area (Å²) in [4.78, 5) is 12.8. The van der Waals surface area contributed by atoms with E-state index in [1.54, 1.807) is 23.9 Å². The Bertz CT molecular complexity index is 598. The minimum Gasteiger partial charge on any atom is -0.326 e. The molecule has 4 heteroatoms. The molecule has 0 radical (unpaired) electrons. The number of amides is 1. The van der Waals surface area contributed by atoms with Gasteiger partial charge in [-0.3, -0.25) is 4.79 Å². The summed E-state index contributed by atoms with van der Waals surface area (Å²) < 4.78 is 12.8. The monoisotopic (exact) mass is 303 g/mol. The summed E-state index contributed by atoms with van der Waals surface area (Å²) in [6, 6.07) is 14.2. The SMILES string of the molecule is CCc1cccc(NC(=O)CCSc2ccc(F)cc2)c1. The van der Waals surface area contributed by atoms with Crippen LogP contribution in [0.15, 0.2) is 53.4 Å². The molecular weight excluding hydrogens is 285 g/mol. The summed E-state index contributed by atoms with van der Waals surface area (Å²) in [6.45, 7) is 2.08. The highest BCUT2D eigenvalue weighted by molar-refractivity contribution is 7.99. The Morgan fingerprint density at radius 3 is 2.67 bits per heavy atom. The molecule has 2 nitrogen and oxygen atoms in total. The summed E-state index contributed by atoms with van der Waals surface area (Å²) in [5.74, 6) is 0.427. The van der Waals surface area contributed by atoms with Gasteiger partial charge in [0.25, 0.3) is 0 Å². The second-order valence-electron chi connectivity index (χ2n) is 4.65. The normalized spacial score (nSPS) is 10.4. The summed E-state index contributed by atoms with van der Waals surface area (Å²) in [5.41, 5.74) is 2.04. The number of hydrogen-bond acceptors (Lipinski definition) is 2. The second-order valence-corrected chi connectivity index (χ2v) is 5.82. The van der Waals surface area contributed by atoms with Gasteiger partial charge in [-0.25, -0.2) is 4.39 Å². The summed E-state index contributed by atoms with van der Waals surface area (Å²) in [7, 11) is 0. The van der Waals surface area contributed by atoms with E-state index in [9.17, 15) is 9.18 Å². The van der Waals surface area contributed by atoms with Crippen LogP contribution in [0.1, 0.15) is 18.9 Å². The molecular formula is C17H18FNOS. The highest BCUT2D eigenvalue weighted by atomic mass is 32.2. The number of anilines is 1. The minimum atomic E-state index is -0.243. The van der Waals surface area contributed by atoms with E-state index in [1.165, 1.54) is 17.7 Å². The molecule has 0 aliphatic rings. The molecule has 1 amide bonds. The lowest BCUT2D eigenvalue weighted by Gasteiger charge is -2.06. The Morgan fingerprint density at radius 2 is 1.95 bits per heavy atom. The van der Waals surface area contributed by atoms with E-state index in [0.29, 0.717) is 12.2 Å². The van der Waals surface area contributed by atoms with Crippen LogP contribution < -0.4 is 5.32 Å². The summed E-state index contributed by atoms with van der Waals surface area (Å²) in [5, 5.41) is 2.90. The minimum absolute atomic E-state index is 0.00198. The Hall–Kier alpha value is -1.81.